The van der Waals surface area contributed by atoms with Gasteiger partial charge in [0, 0.05) is 17.8 Å². The minimum Gasteiger partial charge on any atom is -0.399 e. The van der Waals surface area contributed by atoms with Gasteiger partial charge in [-0.25, -0.2) is 4.68 Å². The first-order valence-corrected chi connectivity index (χ1v) is 6.20. The third-order valence-electron chi connectivity index (χ3n) is 3.30. The Balaban J connectivity index is 2.25. The second-order valence-corrected chi connectivity index (χ2v) is 5.03. The molecule has 1 unspecified atom stereocenters. The Morgan fingerprint density at radius 1 is 1.17 bits per heavy atom. The maximum absolute atomic E-state index is 5.68. The van der Waals surface area contributed by atoms with E-state index in [1.165, 1.54) is 0 Å². The van der Waals surface area contributed by atoms with Crippen molar-refractivity contribution in [3.63, 3.8) is 0 Å². The Kier molecular flexibility index (Phi) is 3.60. The summed E-state index contributed by atoms with van der Waals surface area (Å²) in [5.74, 6) is 1.93. The molecule has 1 heterocycles. The number of hydrogen-bond acceptors (Lipinski definition) is 4. The molecule has 0 saturated carbocycles. The number of benzene rings is 1. The largest absolute Gasteiger partial charge is 0.399 e. The molecule has 0 spiro atoms. The van der Waals surface area contributed by atoms with E-state index >= 15 is 0 Å². The lowest BCUT2D eigenvalue weighted by atomic mass is 9.98. The molecule has 0 bridgehead atoms. The van der Waals surface area contributed by atoms with Crippen LogP contribution >= 0.6 is 0 Å². The summed E-state index contributed by atoms with van der Waals surface area (Å²) in [4.78, 5) is 0. The van der Waals surface area contributed by atoms with Gasteiger partial charge in [0.25, 0.3) is 0 Å². The Bertz CT molecular complexity index is 500. The number of hydrogen-bond donors (Lipinski definition) is 1. The van der Waals surface area contributed by atoms with Crippen molar-refractivity contribution in [1.82, 2.24) is 20.2 Å². The highest BCUT2D eigenvalue weighted by molar-refractivity contribution is 5.58. The molecule has 2 N–H and O–H groups in total. The summed E-state index contributed by atoms with van der Waals surface area (Å²) in [6.07, 6.45) is 0. The molecule has 0 aliphatic heterocycles. The van der Waals surface area contributed by atoms with Crippen LogP contribution in [0, 0.1) is 11.8 Å². The topological polar surface area (TPSA) is 69.6 Å². The van der Waals surface area contributed by atoms with Crippen molar-refractivity contribution in [2.75, 3.05) is 5.73 Å². The van der Waals surface area contributed by atoms with Gasteiger partial charge in [-0.1, -0.05) is 20.8 Å². The van der Waals surface area contributed by atoms with Crippen molar-refractivity contribution in [1.29, 1.82) is 0 Å². The van der Waals surface area contributed by atoms with Gasteiger partial charge in [-0.05, 0) is 46.5 Å². The first-order chi connectivity index (χ1) is 8.58. The molecule has 2 aromatic rings. The molecule has 0 amide bonds. The summed E-state index contributed by atoms with van der Waals surface area (Å²) >= 11 is 0. The maximum Gasteiger partial charge on any atom is 0.182 e. The van der Waals surface area contributed by atoms with E-state index in [9.17, 15) is 0 Å². The minimum atomic E-state index is 0.529. The number of rotatable bonds is 4. The molecule has 0 fully saturated rings. The van der Waals surface area contributed by atoms with Crippen molar-refractivity contribution >= 4 is 5.69 Å². The average molecular weight is 245 g/mol. The van der Waals surface area contributed by atoms with Crippen LogP contribution in [-0.4, -0.2) is 20.2 Å². The molecule has 5 nitrogen and oxygen atoms in total. The van der Waals surface area contributed by atoms with E-state index in [2.05, 4.69) is 36.3 Å². The SMILES string of the molecule is CC(C)C(C)Cn1nnnc1-c1ccc(N)cc1. The third kappa shape index (κ3) is 2.67. The normalized spacial score (nSPS) is 12.9. The second-order valence-electron chi connectivity index (χ2n) is 5.03. The van der Waals surface area contributed by atoms with Crippen molar-refractivity contribution in [2.45, 2.75) is 27.3 Å². The lowest BCUT2D eigenvalue weighted by molar-refractivity contribution is 0.347. The summed E-state index contributed by atoms with van der Waals surface area (Å²) in [7, 11) is 0. The molecular formula is C13H19N5. The van der Waals surface area contributed by atoms with Crippen LogP contribution in [0.15, 0.2) is 24.3 Å². The van der Waals surface area contributed by atoms with Crippen LogP contribution in [0.1, 0.15) is 20.8 Å². The molecule has 0 aliphatic carbocycles. The first kappa shape index (κ1) is 12.5. The van der Waals surface area contributed by atoms with Crippen LogP contribution in [0.5, 0.6) is 0 Å². The van der Waals surface area contributed by atoms with E-state index in [1.54, 1.807) is 0 Å². The Hall–Kier alpha value is -1.91. The van der Waals surface area contributed by atoms with E-state index in [1.807, 2.05) is 28.9 Å². The molecule has 18 heavy (non-hydrogen) atoms. The van der Waals surface area contributed by atoms with Crippen LogP contribution in [0.4, 0.5) is 5.69 Å². The smallest absolute Gasteiger partial charge is 0.182 e. The summed E-state index contributed by atoms with van der Waals surface area (Å²) in [5, 5.41) is 11.9. The number of aromatic nitrogens is 4. The number of nitrogens with two attached hydrogens (primary N) is 1. The van der Waals surface area contributed by atoms with Gasteiger partial charge in [-0.3, -0.25) is 0 Å². The zero-order valence-electron chi connectivity index (χ0n) is 11.0. The van der Waals surface area contributed by atoms with Gasteiger partial charge in [0.2, 0.25) is 0 Å². The molecule has 0 saturated heterocycles. The average Bonchev–Trinajstić information content (AvgIpc) is 2.78. The fourth-order valence-electron chi connectivity index (χ4n) is 1.65. The number of tetrazole rings is 1. The Morgan fingerprint density at radius 2 is 1.83 bits per heavy atom. The van der Waals surface area contributed by atoms with Crippen LogP contribution in [-0.2, 0) is 6.54 Å². The van der Waals surface area contributed by atoms with Gasteiger partial charge in [0.1, 0.15) is 0 Å². The monoisotopic (exact) mass is 245 g/mol. The maximum atomic E-state index is 5.68. The van der Waals surface area contributed by atoms with Crippen LogP contribution < -0.4 is 5.73 Å². The molecule has 1 aromatic carbocycles. The van der Waals surface area contributed by atoms with Gasteiger partial charge in [0.15, 0.2) is 5.82 Å². The van der Waals surface area contributed by atoms with Gasteiger partial charge >= 0.3 is 0 Å². The van der Waals surface area contributed by atoms with Crippen molar-refractivity contribution in [2.24, 2.45) is 11.8 Å². The van der Waals surface area contributed by atoms with E-state index in [0.29, 0.717) is 11.8 Å². The lowest BCUT2D eigenvalue weighted by Gasteiger charge is -2.15. The highest BCUT2D eigenvalue weighted by Crippen LogP contribution is 2.19. The van der Waals surface area contributed by atoms with Gasteiger partial charge < -0.3 is 5.73 Å². The molecule has 5 heteroatoms. The predicted molar refractivity (Wildman–Crippen MR) is 71.7 cm³/mol. The molecule has 2 rings (SSSR count). The molecule has 0 radical (unpaired) electrons. The van der Waals surface area contributed by atoms with E-state index in [-0.39, 0.29) is 0 Å². The quantitative estimate of drug-likeness (QED) is 0.838. The predicted octanol–water partition coefficient (Wildman–Crippen LogP) is 2.21. The highest BCUT2D eigenvalue weighted by Gasteiger charge is 2.13. The van der Waals surface area contributed by atoms with E-state index in [0.717, 1.165) is 23.6 Å². The molecule has 0 aliphatic rings. The fourth-order valence-corrected chi connectivity index (χ4v) is 1.65. The highest BCUT2D eigenvalue weighted by atomic mass is 15.5. The number of nitrogen functional groups attached to an aromatic ring is 1. The van der Waals surface area contributed by atoms with Gasteiger partial charge in [-0.15, -0.1) is 5.10 Å². The molecule has 96 valence electrons. The van der Waals surface area contributed by atoms with E-state index < -0.39 is 0 Å². The van der Waals surface area contributed by atoms with Crippen molar-refractivity contribution in [3.05, 3.63) is 24.3 Å². The summed E-state index contributed by atoms with van der Waals surface area (Å²) in [5.41, 5.74) is 7.41. The summed E-state index contributed by atoms with van der Waals surface area (Å²) in [6.45, 7) is 7.44. The molecular weight excluding hydrogens is 226 g/mol. The Morgan fingerprint density at radius 3 is 2.44 bits per heavy atom. The fraction of sp³-hybridized carbons (Fsp3) is 0.462. The Labute approximate surface area is 107 Å². The third-order valence-corrected chi connectivity index (χ3v) is 3.30. The lowest BCUT2D eigenvalue weighted by Crippen LogP contribution is -2.15. The van der Waals surface area contributed by atoms with Crippen LogP contribution in [0.25, 0.3) is 11.4 Å². The summed E-state index contributed by atoms with van der Waals surface area (Å²) in [6, 6.07) is 7.61. The number of anilines is 1. The van der Waals surface area contributed by atoms with Gasteiger partial charge in [-0.2, -0.15) is 0 Å². The molecule has 1 atom stereocenters. The van der Waals surface area contributed by atoms with Crippen LogP contribution in [0.3, 0.4) is 0 Å². The summed E-state index contributed by atoms with van der Waals surface area (Å²) < 4.78 is 1.86. The number of nitrogens with zero attached hydrogens (tertiary/aromatic N) is 4. The van der Waals surface area contributed by atoms with Gasteiger partial charge in [0.05, 0.1) is 0 Å². The van der Waals surface area contributed by atoms with Crippen LogP contribution in [0.2, 0.25) is 0 Å². The zero-order chi connectivity index (χ0) is 13.1. The first-order valence-electron chi connectivity index (χ1n) is 6.20. The standard InChI is InChI=1S/C13H19N5/c1-9(2)10(3)8-18-13(15-16-17-18)11-4-6-12(14)7-5-11/h4-7,9-10H,8,14H2,1-3H3. The minimum absolute atomic E-state index is 0.529. The van der Waals surface area contributed by atoms with Crippen molar-refractivity contribution in [3.8, 4) is 11.4 Å². The van der Waals surface area contributed by atoms with Crippen molar-refractivity contribution < 1.29 is 0 Å². The zero-order valence-corrected chi connectivity index (χ0v) is 11.0. The van der Waals surface area contributed by atoms with E-state index in [4.69, 9.17) is 5.73 Å². The second kappa shape index (κ2) is 5.16. The molecule has 1 aromatic heterocycles.